The molecule has 0 heterocycles. The smallest absolute Gasteiger partial charge is 0.183 e. The Bertz CT molecular complexity index is 368. The zero-order valence-corrected chi connectivity index (χ0v) is 8.27. The highest BCUT2D eigenvalue weighted by molar-refractivity contribution is 6.31. The number of carbonyl (C=O) groups excluding carboxylic acids is 1. The number of ketones is 1. The van der Waals surface area contributed by atoms with Crippen molar-refractivity contribution in [3.05, 3.63) is 23.5 Å². The van der Waals surface area contributed by atoms with Crippen molar-refractivity contribution >= 4 is 23.1 Å². The quantitative estimate of drug-likeness (QED) is 0.478. The third-order valence-electron chi connectivity index (χ3n) is 1.72. The van der Waals surface area contributed by atoms with Crippen LogP contribution in [-0.4, -0.2) is 18.8 Å². The lowest BCUT2D eigenvalue weighted by atomic mass is 10.1. The van der Waals surface area contributed by atoms with E-state index in [4.69, 9.17) is 22.1 Å². The van der Waals surface area contributed by atoms with Gasteiger partial charge in [-0.15, -0.1) is 11.6 Å². The van der Waals surface area contributed by atoms with Gasteiger partial charge in [-0.05, 0) is 6.07 Å². The van der Waals surface area contributed by atoms with Crippen LogP contribution in [0.1, 0.15) is 10.4 Å². The van der Waals surface area contributed by atoms with E-state index in [1.54, 1.807) is 0 Å². The summed E-state index contributed by atoms with van der Waals surface area (Å²) in [5, 5.41) is 0. The minimum Gasteiger partial charge on any atom is -0.496 e. The molecule has 0 fully saturated rings. The molecule has 76 valence electrons. The van der Waals surface area contributed by atoms with Gasteiger partial charge in [-0.3, -0.25) is 4.79 Å². The first kappa shape index (κ1) is 10.8. The van der Waals surface area contributed by atoms with Gasteiger partial charge in [0.05, 0.1) is 18.6 Å². The fraction of sp³-hybridized carbons (Fsp3) is 0.222. The number of halogens is 2. The zero-order valence-electron chi connectivity index (χ0n) is 7.51. The summed E-state index contributed by atoms with van der Waals surface area (Å²) in [5.41, 5.74) is 5.64. The molecule has 3 nitrogen and oxygen atoms in total. The molecule has 0 radical (unpaired) electrons. The Balaban J connectivity index is 3.32. The second kappa shape index (κ2) is 4.28. The van der Waals surface area contributed by atoms with Crippen LogP contribution in [0.5, 0.6) is 5.75 Å². The Kier molecular flexibility index (Phi) is 3.30. The molecule has 0 saturated carbocycles. The minimum absolute atomic E-state index is 0.0347. The van der Waals surface area contributed by atoms with E-state index >= 15 is 0 Å². The van der Waals surface area contributed by atoms with Gasteiger partial charge in [0, 0.05) is 11.8 Å². The van der Waals surface area contributed by atoms with Gasteiger partial charge in [0.15, 0.2) is 5.78 Å². The fourth-order valence-corrected chi connectivity index (χ4v) is 1.26. The average Bonchev–Trinajstić information content (AvgIpc) is 2.15. The number of methoxy groups -OCH3 is 1. The molecule has 0 spiro atoms. The summed E-state index contributed by atoms with van der Waals surface area (Å²) < 4.78 is 17.7. The molecule has 0 aliphatic heterocycles. The number of alkyl halides is 1. The maximum atomic E-state index is 12.9. The summed E-state index contributed by atoms with van der Waals surface area (Å²) in [6, 6.07) is 2.15. The second-order valence-electron chi connectivity index (χ2n) is 2.63. The lowest BCUT2D eigenvalue weighted by Gasteiger charge is -2.09. The van der Waals surface area contributed by atoms with Crippen LogP contribution in [0.2, 0.25) is 0 Å². The van der Waals surface area contributed by atoms with Crippen molar-refractivity contribution in [1.29, 1.82) is 0 Å². The number of carbonyl (C=O) groups is 1. The summed E-state index contributed by atoms with van der Waals surface area (Å²) in [7, 11) is 1.33. The number of rotatable bonds is 3. The first-order chi connectivity index (χ1) is 6.60. The van der Waals surface area contributed by atoms with Gasteiger partial charge in [0.25, 0.3) is 0 Å². The van der Waals surface area contributed by atoms with E-state index in [1.807, 2.05) is 0 Å². The Morgan fingerprint density at radius 3 is 2.79 bits per heavy atom. The molecule has 0 aliphatic rings. The second-order valence-corrected chi connectivity index (χ2v) is 2.90. The predicted octanol–water partition coefficient (Wildman–Crippen LogP) is 1.84. The number of hydrogen-bond acceptors (Lipinski definition) is 3. The first-order valence-electron chi connectivity index (χ1n) is 3.82. The molecule has 14 heavy (non-hydrogen) atoms. The van der Waals surface area contributed by atoms with Crippen molar-refractivity contribution < 1.29 is 13.9 Å². The van der Waals surface area contributed by atoms with E-state index in [0.717, 1.165) is 12.1 Å². The van der Waals surface area contributed by atoms with Gasteiger partial charge in [-0.1, -0.05) is 0 Å². The Morgan fingerprint density at radius 1 is 1.64 bits per heavy atom. The SMILES string of the molecule is COc1cc(F)cc(N)c1C(=O)CCl. The van der Waals surface area contributed by atoms with Crippen molar-refractivity contribution in [2.75, 3.05) is 18.7 Å². The van der Waals surface area contributed by atoms with Gasteiger partial charge < -0.3 is 10.5 Å². The molecule has 0 aliphatic carbocycles. The number of anilines is 1. The highest BCUT2D eigenvalue weighted by Gasteiger charge is 2.16. The van der Waals surface area contributed by atoms with E-state index in [1.165, 1.54) is 7.11 Å². The first-order valence-corrected chi connectivity index (χ1v) is 4.35. The van der Waals surface area contributed by atoms with Crippen molar-refractivity contribution in [2.45, 2.75) is 0 Å². The van der Waals surface area contributed by atoms with Crippen LogP contribution in [0.25, 0.3) is 0 Å². The molecule has 0 bridgehead atoms. The normalized spacial score (nSPS) is 9.93. The highest BCUT2D eigenvalue weighted by Crippen LogP contribution is 2.26. The van der Waals surface area contributed by atoms with Gasteiger partial charge in [-0.25, -0.2) is 4.39 Å². The number of ether oxygens (including phenoxy) is 1. The fourth-order valence-electron chi connectivity index (χ4n) is 1.13. The van der Waals surface area contributed by atoms with Gasteiger partial charge in [0.1, 0.15) is 11.6 Å². The number of benzene rings is 1. The molecule has 1 aromatic rings. The lowest BCUT2D eigenvalue weighted by Crippen LogP contribution is -2.08. The summed E-state index contributed by atoms with van der Waals surface area (Å²) in [6.45, 7) is 0. The zero-order chi connectivity index (χ0) is 10.7. The number of hydrogen-bond donors (Lipinski definition) is 1. The van der Waals surface area contributed by atoms with Gasteiger partial charge in [0.2, 0.25) is 0 Å². The summed E-state index contributed by atoms with van der Waals surface area (Å²) >= 11 is 5.37. The summed E-state index contributed by atoms with van der Waals surface area (Å²) in [5.74, 6) is -1.05. The van der Waals surface area contributed by atoms with Gasteiger partial charge in [-0.2, -0.15) is 0 Å². The minimum atomic E-state index is -0.550. The molecular formula is C9H9ClFNO2. The van der Waals surface area contributed by atoms with Crippen molar-refractivity contribution in [2.24, 2.45) is 0 Å². The van der Waals surface area contributed by atoms with E-state index in [9.17, 15) is 9.18 Å². The maximum absolute atomic E-state index is 12.9. The van der Waals surface area contributed by atoms with Crippen molar-refractivity contribution in [3.8, 4) is 5.75 Å². The summed E-state index contributed by atoms with van der Waals surface area (Å²) in [6.07, 6.45) is 0. The molecule has 0 atom stereocenters. The Morgan fingerprint density at radius 2 is 2.29 bits per heavy atom. The third kappa shape index (κ3) is 1.96. The molecule has 1 aromatic carbocycles. The topological polar surface area (TPSA) is 52.3 Å². The van der Waals surface area contributed by atoms with Gasteiger partial charge >= 0.3 is 0 Å². The van der Waals surface area contributed by atoms with Crippen LogP contribution in [0.15, 0.2) is 12.1 Å². The molecular weight excluding hydrogens is 209 g/mol. The molecule has 0 saturated heterocycles. The van der Waals surface area contributed by atoms with E-state index < -0.39 is 5.82 Å². The molecule has 2 N–H and O–H groups in total. The van der Waals surface area contributed by atoms with Crippen LogP contribution >= 0.6 is 11.6 Å². The van der Waals surface area contributed by atoms with Crippen LogP contribution < -0.4 is 10.5 Å². The largest absolute Gasteiger partial charge is 0.496 e. The molecule has 0 amide bonds. The lowest BCUT2D eigenvalue weighted by molar-refractivity contribution is 0.101. The molecule has 0 aromatic heterocycles. The number of nitrogen functional groups attached to an aromatic ring is 1. The van der Waals surface area contributed by atoms with Crippen molar-refractivity contribution in [3.63, 3.8) is 0 Å². The summed E-state index contributed by atoms with van der Waals surface area (Å²) in [4.78, 5) is 11.3. The van der Waals surface area contributed by atoms with E-state index in [0.29, 0.717) is 0 Å². The molecule has 0 unspecified atom stereocenters. The van der Waals surface area contributed by atoms with Crippen LogP contribution in [-0.2, 0) is 0 Å². The maximum Gasteiger partial charge on any atom is 0.183 e. The highest BCUT2D eigenvalue weighted by atomic mass is 35.5. The van der Waals surface area contributed by atoms with Crippen LogP contribution in [0.4, 0.5) is 10.1 Å². The average molecular weight is 218 g/mol. The Labute approximate surface area is 85.6 Å². The van der Waals surface area contributed by atoms with E-state index in [-0.39, 0.29) is 28.7 Å². The van der Waals surface area contributed by atoms with Crippen LogP contribution in [0, 0.1) is 5.82 Å². The monoisotopic (exact) mass is 217 g/mol. The third-order valence-corrected chi connectivity index (χ3v) is 1.96. The standard InChI is InChI=1S/C9H9ClFNO2/c1-14-8-3-5(11)2-6(12)9(8)7(13)4-10/h2-3H,4,12H2,1H3. The molecule has 5 heteroatoms. The Hall–Kier alpha value is -1.29. The van der Waals surface area contributed by atoms with Crippen molar-refractivity contribution in [1.82, 2.24) is 0 Å². The predicted molar refractivity (Wildman–Crippen MR) is 52.4 cm³/mol. The molecule has 1 rings (SSSR count). The van der Waals surface area contributed by atoms with Crippen LogP contribution in [0.3, 0.4) is 0 Å². The number of nitrogens with two attached hydrogens (primary N) is 1. The number of Topliss-reactive ketones (excluding diaryl/α,β-unsaturated/α-hetero) is 1. The van der Waals surface area contributed by atoms with E-state index in [2.05, 4.69) is 0 Å².